The molecule has 0 aliphatic rings. The van der Waals surface area contributed by atoms with Crippen LogP contribution in [0.4, 0.5) is 11.4 Å². The van der Waals surface area contributed by atoms with E-state index in [1.807, 2.05) is 0 Å². The smallest absolute Gasteiger partial charge is 0.0366 e. The predicted octanol–water partition coefficient (Wildman–Crippen LogP) is 2.44. The summed E-state index contributed by atoms with van der Waals surface area (Å²) in [6.45, 7) is 0. The fourth-order valence-corrected chi connectivity index (χ4v) is 1.30. The second-order valence-electron chi connectivity index (χ2n) is 3.37. The van der Waals surface area contributed by atoms with Gasteiger partial charge in [-0.1, -0.05) is 24.3 Å². The third-order valence-corrected chi connectivity index (χ3v) is 2.11. The normalized spacial score (nSPS) is 13.1. The van der Waals surface area contributed by atoms with Crippen LogP contribution in [0.3, 0.4) is 0 Å². The van der Waals surface area contributed by atoms with Crippen molar-refractivity contribution in [1.82, 2.24) is 0 Å². The Morgan fingerprint density at radius 3 is 1.40 bits per heavy atom. The lowest BCUT2D eigenvalue weighted by molar-refractivity contribution is 1.19. The summed E-state index contributed by atoms with van der Waals surface area (Å²) in [7, 11) is 0. The molecule has 2 nitrogen and oxygen atoms in total. The first-order valence-corrected chi connectivity index (χ1v) is 4.72. The van der Waals surface area contributed by atoms with Crippen molar-refractivity contribution in [3.05, 3.63) is 59.7 Å². The van der Waals surface area contributed by atoms with Gasteiger partial charge < -0.3 is 11.5 Å². The molecule has 76 valence electrons. The molecule has 0 radical (unpaired) electrons. The third-order valence-electron chi connectivity index (χ3n) is 2.11. The van der Waals surface area contributed by atoms with E-state index in [2.05, 4.69) is 0 Å². The van der Waals surface area contributed by atoms with Gasteiger partial charge in [0.25, 0.3) is 0 Å². The second kappa shape index (κ2) is 4.05. The van der Waals surface area contributed by atoms with Crippen molar-refractivity contribution in [3.8, 4) is 0 Å². The van der Waals surface area contributed by atoms with Crippen LogP contribution in [0.25, 0.3) is 0 Å². The fourth-order valence-electron chi connectivity index (χ4n) is 1.30. The Hall–Kier alpha value is -1.96. The molecule has 0 saturated carbocycles. The summed E-state index contributed by atoms with van der Waals surface area (Å²) in [5.41, 5.74) is 13.6. The summed E-state index contributed by atoms with van der Waals surface area (Å²) < 4.78 is 16.3. The van der Waals surface area contributed by atoms with Crippen molar-refractivity contribution in [2.45, 2.75) is 6.37 Å². The number of hydrogen-bond donors (Lipinski definition) is 2. The van der Waals surface area contributed by atoms with Crippen LogP contribution >= 0.6 is 0 Å². The van der Waals surface area contributed by atoms with E-state index >= 15 is 0 Å². The summed E-state index contributed by atoms with van der Waals surface area (Å²) in [4.78, 5) is 0. The molecule has 4 N–H and O–H groups in total. The van der Waals surface area contributed by atoms with Crippen molar-refractivity contribution in [1.29, 1.82) is 0 Å². The molecule has 15 heavy (non-hydrogen) atoms. The fraction of sp³-hybridized carbons (Fsp3) is 0.0769. The Kier molecular flexibility index (Phi) is 1.98. The Balaban J connectivity index is 2.41. The van der Waals surface area contributed by atoms with Gasteiger partial charge in [-0.15, -0.1) is 0 Å². The monoisotopic (exact) mass is 200 g/mol. The number of nitrogen functional groups attached to an aromatic ring is 2. The van der Waals surface area contributed by atoms with Gasteiger partial charge in [0.05, 0.1) is 0 Å². The van der Waals surface area contributed by atoms with Crippen LogP contribution in [-0.2, 0) is 6.37 Å². The molecule has 0 aromatic heterocycles. The zero-order valence-electron chi connectivity index (χ0n) is 10.3. The quantitative estimate of drug-likeness (QED) is 0.731. The van der Waals surface area contributed by atoms with Gasteiger partial charge in [0.15, 0.2) is 0 Å². The highest BCUT2D eigenvalue weighted by atomic mass is 14.5. The van der Waals surface area contributed by atoms with Gasteiger partial charge >= 0.3 is 0 Å². The van der Waals surface area contributed by atoms with E-state index in [4.69, 9.17) is 14.2 Å². The third kappa shape index (κ3) is 2.50. The van der Waals surface area contributed by atoms with Gasteiger partial charge in [0.2, 0.25) is 0 Å². The Labute approximate surface area is 92.3 Å². The maximum Gasteiger partial charge on any atom is 0.0366 e. The first-order valence-electron chi connectivity index (χ1n) is 5.72. The Bertz CT molecular complexity index is 456. The molecule has 2 aromatic carbocycles. The second-order valence-corrected chi connectivity index (χ2v) is 3.37. The van der Waals surface area contributed by atoms with E-state index in [1.165, 1.54) is 0 Å². The van der Waals surface area contributed by atoms with Crippen LogP contribution in [0.15, 0.2) is 48.5 Å². The number of benzene rings is 2. The van der Waals surface area contributed by atoms with Crippen molar-refractivity contribution >= 4 is 11.4 Å². The molecule has 0 aliphatic carbocycles. The molecule has 0 bridgehead atoms. The molecule has 0 amide bonds. The van der Waals surface area contributed by atoms with E-state index < -0.39 is 6.37 Å². The van der Waals surface area contributed by atoms with E-state index in [-0.39, 0.29) is 0 Å². The first-order chi connectivity index (χ1) is 8.00. The summed E-state index contributed by atoms with van der Waals surface area (Å²) in [5.74, 6) is 0. The Morgan fingerprint density at radius 2 is 1.07 bits per heavy atom. The lowest BCUT2D eigenvalue weighted by atomic mass is 10.0. The van der Waals surface area contributed by atoms with Crippen LogP contribution in [0, 0.1) is 0 Å². The van der Waals surface area contributed by atoms with Gasteiger partial charge in [-0.25, -0.2) is 0 Å². The van der Waals surface area contributed by atoms with Crippen LogP contribution in [0.2, 0.25) is 0 Å². The molecule has 0 spiro atoms. The minimum atomic E-state index is -1.54. The summed E-state index contributed by atoms with van der Waals surface area (Å²) in [6.07, 6.45) is -1.54. The molecule has 2 heteroatoms. The lowest BCUT2D eigenvalue weighted by Gasteiger charge is -2.02. The van der Waals surface area contributed by atoms with Crippen LogP contribution in [0.1, 0.15) is 13.9 Å². The lowest BCUT2D eigenvalue weighted by Crippen LogP contribution is -1.90. The highest BCUT2D eigenvalue weighted by Gasteiger charge is 1.95. The maximum atomic E-state index is 8.13. The zero-order valence-corrected chi connectivity index (χ0v) is 8.27. The van der Waals surface area contributed by atoms with Gasteiger partial charge in [-0.2, -0.15) is 0 Å². The molecule has 0 unspecified atom stereocenters. The minimum Gasteiger partial charge on any atom is -0.399 e. The standard InChI is InChI=1S/C13H14N2/c14-12-5-1-10(2-6-12)9-11-3-7-13(15)8-4-11/h1-8H,9,14-15H2/i9D2. The molecular formula is C13H14N2. The largest absolute Gasteiger partial charge is 0.399 e. The van der Waals surface area contributed by atoms with Crippen LogP contribution < -0.4 is 11.5 Å². The van der Waals surface area contributed by atoms with Crippen molar-refractivity contribution in [3.63, 3.8) is 0 Å². The molecular weight excluding hydrogens is 184 g/mol. The number of rotatable bonds is 2. The summed E-state index contributed by atoms with van der Waals surface area (Å²) >= 11 is 0. The highest BCUT2D eigenvalue weighted by Crippen LogP contribution is 2.13. The van der Waals surface area contributed by atoms with Gasteiger partial charge in [-0.3, -0.25) is 0 Å². The topological polar surface area (TPSA) is 52.0 Å². The Morgan fingerprint density at radius 1 is 0.733 bits per heavy atom. The predicted molar refractivity (Wildman–Crippen MR) is 64.5 cm³/mol. The summed E-state index contributed by atoms with van der Waals surface area (Å²) in [5, 5.41) is 0. The summed E-state index contributed by atoms with van der Waals surface area (Å²) in [6, 6.07) is 13.6. The molecule has 0 aliphatic heterocycles. The van der Waals surface area contributed by atoms with E-state index in [9.17, 15) is 0 Å². The number of nitrogens with two attached hydrogens (primary N) is 2. The number of anilines is 2. The van der Waals surface area contributed by atoms with Gasteiger partial charge in [-0.05, 0) is 41.8 Å². The van der Waals surface area contributed by atoms with Crippen LogP contribution in [0.5, 0.6) is 0 Å². The van der Waals surface area contributed by atoms with E-state index in [1.54, 1.807) is 48.5 Å². The SMILES string of the molecule is [2H]C([2H])(c1ccc(N)cc1)c1ccc(N)cc1. The maximum absolute atomic E-state index is 8.13. The molecule has 0 atom stereocenters. The average molecular weight is 200 g/mol. The van der Waals surface area contributed by atoms with Gasteiger partial charge in [0, 0.05) is 14.1 Å². The van der Waals surface area contributed by atoms with Crippen molar-refractivity contribution in [2.75, 3.05) is 11.5 Å². The highest BCUT2D eigenvalue weighted by molar-refractivity contribution is 5.43. The van der Waals surface area contributed by atoms with Gasteiger partial charge in [0.1, 0.15) is 0 Å². The van der Waals surface area contributed by atoms with Crippen molar-refractivity contribution < 1.29 is 2.74 Å². The minimum absolute atomic E-state index is 0.580. The van der Waals surface area contributed by atoms with E-state index in [0.717, 1.165) is 0 Å². The molecule has 2 aromatic rings. The molecule has 0 saturated heterocycles. The first kappa shape index (κ1) is 7.35. The molecule has 0 fully saturated rings. The number of hydrogen-bond acceptors (Lipinski definition) is 2. The average Bonchev–Trinajstić information content (AvgIpc) is 2.30. The molecule has 0 heterocycles. The van der Waals surface area contributed by atoms with Crippen molar-refractivity contribution in [2.24, 2.45) is 0 Å². The van der Waals surface area contributed by atoms with Crippen LogP contribution in [-0.4, -0.2) is 0 Å². The van der Waals surface area contributed by atoms with E-state index in [0.29, 0.717) is 22.5 Å². The zero-order chi connectivity index (χ0) is 12.5. The molecule has 2 rings (SSSR count).